The van der Waals surface area contributed by atoms with Crippen LogP contribution in [0.25, 0.3) is 0 Å². The molecule has 18 heavy (non-hydrogen) atoms. The zero-order valence-corrected chi connectivity index (χ0v) is 11.8. The first kappa shape index (κ1) is 17.0. The zero-order valence-electron chi connectivity index (χ0n) is 11.0. The third-order valence-corrected chi connectivity index (χ3v) is 2.63. The van der Waals surface area contributed by atoms with Crippen molar-refractivity contribution in [3.63, 3.8) is 0 Å². The van der Waals surface area contributed by atoms with Crippen LogP contribution in [0.15, 0.2) is 18.2 Å². The third kappa shape index (κ3) is 4.72. The molecule has 0 fully saturated rings. The maximum absolute atomic E-state index is 6.09. The molecule has 1 atom stereocenters. The second-order valence-corrected chi connectivity index (χ2v) is 3.88. The summed E-state index contributed by atoms with van der Waals surface area (Å²) in [5, 5.41) is 0. The molecule has 1 aromatic carbocycles. The number of methoxy groups -OCH3 is 1. The van der Waals surface area contributed by atoms with Gasteiger partial charge in [0, 0.05) is 6.04 Å². The molecular weight excluding hydrogens is 252 g/mol. The molecule has 0 aliphatic carbocycles. The minimum Gasteiger partial charge on any atom is -0.493 e. The standard InChI is InChI=1S/C13H22N2O2.ClH/c1-3-17-13-9-10(6-7-12(13)16-2)11(15)5-4-8-14;/h6-7,9,11H,3-5,8,14-15H2,1-2H3;1H/t11-;/m0./s1. The summed E-state index contributed by atoms with van der Waals surface area (Å²) in [5.41, 5.74) is 12.6. The predicted octanol–water partition coefficient (Wildman–Crippen LogP) is 2.25. The molecule has 5 heteroatoms. The van der Waals surface area contributed by atoms with Gasteiger partial charge < -0.3 is 20.9 Å². The van der Waals surface area contributed by atoms with Crippen LogP contribution in [0.5, 0.6) is 11.5 Å². The lowest BCUT2D eigenvalue weighted by atomic mass is 10.0. The minimum absolute atomic E-state index is 0. The van der Waals surface area contributed by atoms with Crippen molar-refractivity contribution in [1.82, 2.24) is 0 Å². The molecule has 0 heterocycles. The molecular formula is C13H23ClN2O2. The van der Waals surface area contributed by atoms with Gasteiger partial charge in [0.15, 0.2) is 11.5 Å². The van der Waals surface area contributed by atoms with Gasteiger partial charge in [-0.2, -0.15) is 0 Å². The van der Waals surface area contributed by atoms with E-state index in [1.165, 1.54) is 0 Å². The quantitative estimate of drug-likeness (QED) is 0.800. The Morgan fingerprint density at radius 2 is 2.00 bits per heavy atom. The highest BCUT2D eigenvalue weighted by atomic mass is 35.5. The van der Waals surface area contributed by atoms with E-state index in [1.807, 2.05) is 25.1 Å². The lowest BCUT2D eigenvalue weighted by molar-refractivity contribution is 0.310. The van der Waals surface area contributed by atoms with Crippen molar-refractivity contribution in [3.05, 3.63) is 23.8 Å². The fourth-order valence-electron chi connectivity index (χ4n) is 1.70. The Balaban J connectivity index is 0.00000289. The maximum Gasteiger partial charge on any atom is 0.161 e. The summed E-state index contributed by atoms with van der Waals surface area (Å²) in [5.74, 6) is 1.48. The average molecular weight is 275 g/mol. The predicted molar refractivity (Wildman–Crippen MR) is 76.6 cm³/mol. The second-order valence-electron chi connectivity index (χ2n) is 3.88. The van der Waals surface area contributed by atoms with Crippen LogP contribution in [-0.2, 0) is 0 Å². The lowest BCUT2D eigenvalue weighted by Gasteiger charge is -2.15. The molecule has 1 rings (SSSR count). The highest BCUT2D eigenvalue weighted by molar-refractivity contribution is 5.85. The largest absolute Gasteiger partial charge is 0.493 e. The van der Waals surface area contributed by atoms with Crippen LogP contribution in [0.1, 0.15) is 31.4 Å². The Bertz CT molecular complexity index is 348. The summed E-state index contributed by atoms with van der Waals surface area (Å²) >= 11 is 0. The Morgan fingerprint density at radius 3 is 2.56 bits per heavy atom. The molecule has 0 saturated carbocycles. The van der Waals surface area contributed by atoms with Crippen molar-refractivity contribution < 1.29 is 9.47 Å². The zero-order chi connectivity index (χ0) is 12.7. The first-order valence-electron chi connectivity index (χ1n) is 5.99. The van der Waals surface area contributed by atoms with Gasteiger partial charge >= 0.3 is 0 Å². The van der Waals surface area contributed by atoms with Gasteiger partial charge in [-0.1, -0.05) is 6.07 Å². The number of hydrogen-bond donors (Lipinski definition) is 2. The second kappa shape index (κ2) is 9.03. The number of rotatable bonds is 7. The number of ether oxygens (including phenoxy) is 2. The van der Waals surface area contributed by atoms with Gasteiger partial charge in [0.05, 0.1) is 13.7 Å². The molecule has 1 aromatic rings. The van der Waals surface area contributed by atoms with E-state index < -0.39 is 0 Å². The molecule has 0 bridgehead atoms. The fourth-order valence-corrected chi connectivity index (χ4v) is 1.70. The molecule has 4 N–H and O–H groups in total. The highest BCUT2D eigenvalue weighted by Crippen LogP contribution is 2.30. The summed E-state index contributed by atoms with van der Waals surface area (Å²) in [6, 6.07) is 5.82. The summed E-state index contributed by atoms with van der Waals surface area (Å²) in [6.45, 7) is 3.22. The van der Waals surface area contributed by atoms with Crippen molar-refractivity contribution in [2.75, 3.05) is 20.3 Å². The Kier molecular flexibility index (Phi) is 8.54. The molecule has 0 aliphatic rings. The van der Waals surface area contributed by atoms with E-state index >= 15 is 0 Å². The van der Waals surface area contributed by atoms with E-state index in [4.69, 9.17) is 20.9 Å². The van der Waals surface area contributed by atoms with Crippen molar-refractivity contribution in [2.24, 2.45) is 11.5 Å². The molecule has 0 aliphatic heterocycles. The monoisotopic (exact) mass is 274 g/mol. The molecule has 0 saturated heterocycles. The van der Waals surface area contributed by atoms with Gasteiger partial charge in [-0.05, 0) is 44.0 Å². The van der Waals surface area contributed by atoms with Gasteiger partial charge in [0.25, 0.3) is 0 Å². The minimum atomic E-state index is 0. The van der Waals surface area contributed by atoms with Gasteiger partial charge in [0.1, 0.15) is 0 Å². The third-order valence-electron chi connectivity index (χ3n) is 2.63. The van der Waals surface area contributed by atoms with Gasteiger partial charge in [-0.15, -0.1) is 12.4 Å². The van der Waals surface area contributed by atoms with Crippen molar-refractivity contribution in [2.45, 2.75) is 25.8 Å². The molecule has 4 nitrogen and oxygen atoms in total. The number of halogens is 1. The first-order valence-corrected chi connectivity index (χ1v) is 5.99. The van der Waals surface area contributed by atoms with Crippen LogP contribution in [0.4, 0.5) is 0 Å². The summed E-state index contributed by atoms with van der Waals surface area (Å²) in [4.78, 5) is 0. The molecule has 104 valence electrons. The Hall–Kier alpha value is -0.970. The van der Waals surface area contributed by atoms with Crippen LogP contribution in [0, 0.1) is 0 Å². The van der Waals surface area contributed by atoms with Crippen molar-refractivity contribution >= 4 is 12.4 Å². The van der Waals surface area contributed by atoms with Crippen LogP contribution in [-0.4, -0.2) is 20.3 Å². The number of hydrogen-bond acceptors (Lipinski definition) is 4. The van der Waals surface area contributed by atoms with Crippen LogP contribution in [0.2, 0.25) is 0 Å². The Labute approximate surface area is 115 Å². The molecule has 0 radical (unpaired) electrons. The lowest BCUT2D eigenvalue weighted by Crippen LogP contribution is -2.12. The topological polar surface area (TPSA) is 70.5 Å². The Morgan fingerprint density at radius 1 is 1.28 bits per heavy atom. The van der Waals surface area contributed by atoms with Crippen LogP contribution >= 0.6 is 12.4 Å². The van der Waals surface area contributed by atoms with E-state index in [-0.39, 0.29) is 18.4 Å². The van der Waals surface area contributed by atoms with Crippen LogP contribution < -0.4 is 20.9 Å². The van der Waals surface area contributed by atoms with Crippen molar-refractivity contribution in [3.8, 4) is 11.5 Å². The fraction of sp³-hybridized carbons (Fsp3) is 0.538. The molecule has 0 amide bonds. The van der Waals surface area contributed by atoms with Gasteiger partial charge in [-0.3, -0.25) is 0 Å². The van der Waals surface area contributed by atoms with Crippen LogP contribution in [0.3, 0.4) is 0 Å². The van der Waals surface area contributed by atoms with Gasteiger partial charge in [-0.25, -0.2) is 0 Å². The van der Waals surface area contributed by atoms with E-state index in [2.05, 4.69) is 0 Å². The molecule has 0 unspecified atom stereocenters. The van der Waals surface area contributed by atoms with E-state index in [9.17, 15) is 0 Å². The number of nitrogens with two attached hydrogens (primary N) is 2. The normalized spacial score (nSPS) is 11.6. The van der Waals surface area contributed by atoms with E-state index in [1.54, 1.807) is 7.11 Å². The van der Waals surface area contributed by atoms with E-state index in [0.717, 1.165) is 29.9 Å². The molecule has 0 aromatic heterocycles. The van der Waals surface area contributed by atoms with Crippen molar-refractivity contribution in [1.29, 1.82) is 0 Å². The summed E-state index contributed by atoms with van der Waals surface area (Å²) in [6.07, 6.45) is 1.81. The average Bonchev–Trinajstić information content (AvgIpc) is 2.36. The maximum atomic E-state index is 6.09. The van der Waals surface area contributed by atoms with Gasteiger partial charge in [0.2, 0.25) is 0 Å². The smallest absolute Gasteiger partial charge is 0.161 e. The van der Waals surface area contributed by atoms with E-state index in [0.29, 0.717) is 13.2 Å². The first-order chi connectivity index (χ1) is 8.22. The summed E-state index contributed by atoms with van der Waals surface area (Å²) in [7, 11) is 1.63. The number of benzene rings is 1. The SMILES string of the molecule is CCOc1cc([C@@H](N)CCCN)ccc1OC.Cl. The molecule has 0 spiro atoms. The summed E-state index contributed by atoms with van der Waals surface area (Å²) < 4.78 is 10.7. The highest BCUT2D eigenvalue weighted by Gasteiger charge is 2.10.